The molecule has 0 spiro atoms. The molecule has 1 fully saturated rings. The van der Waals surface area contributed by atoms with Gasteiger partial charge in [-0.1, -0.05) is 66.2 Å². The van der Waals surface area contributed by atoms with Crippen LogP contribution >= 0.6 is 11.6 Å². The van der Waals surface area contributed by atoms with Crippen molar-refractivity contribution in [3.8, 4) is 0 Å². The van der Waals surface area contributed by atoms with Crippen molar-refractivity contribution >= 4 is 29.5 Å². The number of piperazine rings is 1. The number of halogens is 2. The predicted octanol–water partition coefficient (Wildman–Crippen LogP) is 3.46. The normalized spacial score (nSPS) is 18.1. The van der Waals surface area contributed by atoms with E-state index in [2.05, 4.69) is 16.0 Å². The van der Waals surface area contributed by atoms with Crippen molar-refractivity contribution < 1.29 is 23.5 Å². The van der Waals surface area contributed by atoms with Crippen LogP contribution < -0.4 is 16.0 Å². The molecule has 3 atom stereocenters. The Kier molecular flexibility index (Phi) is 10.5. The van der Waals surface area contributed by atoms with Crippen molar-refractivity contribution in [2.45, 2.75) is 37.5 Å². The van der Waals surface area contributed by atoms with Crippen molar-refractivity contribution in [1.82, 2.24) is 25.8 Å². The maximum absolute atomic E-state index is 14.8. The summed E-state index contributed by atoms with van der Waals surface area (Å²) in [5, 5.41) is 9.61. The van der Waals surface area contributed by atoms with Gasteiger partial charge in [0.2, 0.25) is 11.8 Å². The zero-order valence-electron chi connectivity index (χ0n) is 24.6. The van der Waals surface area contributed by atoms with Crippen LogP contribution in [0, 0.1) is 5.82 Å². The SMILES string of the molecule is COC(=O)NCC(c1ccccc1F)N1CCN(C(=O)C(Cc2ccc(Cl)cc2)NC(=O)C2Cc3ccccc3CN2)CC1. The Morgan fingerprint density at radius 2 is 1.66 bits per heavy atom. The van der Waals surface area contributed by atoms with E-state index in [1.165, 1.54) is 18.7 Å². The number of carbonyl (C=O) groups is 3. The number of nitrogens with one attached hydrogen (secondary N) is 3. The molecule has 2 aliphatic heterocycles. The van der Waals surface area contributed by atoms with E-state index in [1.807, 2.05) is 41.3 Å². The second-order valence-electron chi connectivity index (χ2n) is 11.1. The fourth-order valence-corrected chi connectivity index (χ4v) is 6.00. The van der Waals surface area contributed by atoms with Gasteiger partial charge < -0.3 is 25.6 Å². The molecule has 3 N–H and O–H groups in total. The first-order chi connectivity index (χ1) is 21.3. The number of rotatable bonds is 9. The number of carbonyl (C=O) groups excluding carboxylic acids is 3. The molecule has 3 unspecified atom stereocenters. The van der Waals surface area contributed by atoms with E-state index in [0.29, 0.717) is 56.2 Å². The van der Waals surface area contributed by atoms with E-state index in [9.17, 15) is 18.8 Å². The molecule has 9 nitrogen and oxygen atoms in total. The van der Waals surface area contributed by atoms with Gasteiger partial charge in [0.05, 0.1) is 19.2 Å². The summed E-state index contributed by atoms with van der Waals surface area (Å²) >= 11 is 6.09. The minimum atomic E-state index is -0.780. The first-order valence-corrected chi connectivity index (χ1v) is 15.1. The molecule has 2 heterocycles. The Labute approximate surface area is 261 Å². The largest absolute Gasteiger partial charge is 0.453 e. The second kappa shape index (κ2) is 14.7. The molecular weight excluding hydrogens is 585 g/mol. The van der Waals surface area contributed by atoms with E-state index < -0.39 is 24.2 Å². The predicted molar refractivity (Wildman–Crippen MR) is 166 cm³/mol. The van der Waals surface area contributed by atoms with Crippen molar-refractivity contribution in [2.24, 2.45) is 0 Å². The molecule has 0 saturated carbocycles. The van der Waals surface area contributed by atoms with E-state index in [4.69, 9.17) is 16.3 Å². The number of amides is 3. The monoisotopic (exact) mass is 621 g/mol. The molecule has 0 aliphatic carbocycles. The van der Waals surface area contributed by atoms with Gasteiger partial charge in [-0.3, -0.25) is 14.5 Å². The highest BCUT2D eigenvalue weighted by molar-refractivity contribution is 6.30. The Morgan fingerprint density at radius 3 is 2.36 bits per heavy atom. The minimum Gasteiger partial charge on any atom is -0.453 e. The second-order valence-corrected chi connectivity index (χ2v) is 11.5. The van der Waals surface area contributed by atoms with Crippen molar-refractivity contribution in [1.29, 1.82) is 0 Å². The Bertz CT molecular complexity index is 1460. The van der Waals surface area contributed by atoms with Gasteiger partial charge in [-0.25, -0.2) is 9.18 Å². The van der Waals surface area contributed by atoms with E-state index in [0.717, 1.165) is 11.1 Å². The van der Waals surface area contributed by atoms with Crippen LogP contribution in [-0.4, -0.2) is 79.6 Å². The highest BCUT2D eigenvalue weighted by atomic mass is 35.5. The van der Waals surface area contributed by atoms with Crippen molar-refractivity contribution in [2.75, 3.05) is 39.8 Å². The van der Waals surface area contributed by atoms with E-state index in [1.54, 1.807) is 35.2 Å². The number of methoxy groups -OCH3 is 1. The van der Waals surface area contributed by atoms with E-state index >= 15 is 0 Å². The van der Waals surface area contributed by atoms with Crippen LogP contribution in [0.5, 0.6) is 0 Å². The number of fused-ring (bicyclic) bond motifs is 1. The third-order valence-electron chi connectivity index (χ3n) is 8.32. The summed E-state index contributed by atoms with van der Waals surface area (Å²) in [7, 11) is 1.28. The topological polar surface area (TPSA) is 103 Å². The molecule has 3 aromatic carbocycles. The van der Waals surface area contributed by atoms with Gasteiger partial charge in [0.25, 0.3) is 0 Å². The standard InChI is InChI=1S/C33H37ClFN5O4/c1-44-33(43)37-21-30(26-8-4-5-9-27(26)35)39-14-16-40(17-15-39)32(42)29(18-22-10-12-25(34)13-11-22)38-31(41)28-19-23-6-2-3-7-24(23)20-36-28/h2-13,28-30,36H,14-21H2,1H3,(H,37,43)(H,38,41). The van der Waals surface area contributed by atoms with Gasteiger partial charge >= 0.3 is 6.09 Å². The quantitative estimate of drug-likeness (QED) is 0.338. The molecule has 2 aliphatic rings. The maximum atomic E-state index is 14.8. The van der Waals surface area contributed by atoms with Gasteiger partial charge in [-0.15, -0.1) is 0 Å². The molecule has 0 aromatic heterocycles. The lowest BCUT2D eigenvalue weighted by atomic mass is 9.95. The Morgan fingerprint density at radius 1 is 0.977 bits per heavy atom. The van der Waals surface area contributed by atoms with Crippen LogP contribution in [0.3, 0.4) is 0 Å². The van der Waals surface area contributed by atoms with E-state index in [-0.39, 0.29) is 24.2 Å². The first-order valence-electron chi connectivity index (χ1n) is 14.8. The molecule has 3 amide bonds. The minimum absolute atomic E-state index is 0.147. The first kappa shape index (κ1) is 31.4. The fraction of sp³-hybridized carbons (Fsp3) is 0.364. The van der Waals surface area contributed by atoms with Gasteiger partial charge in [0.15, 0.2) is 0 Å². The Balaban J connectivity index is 1.28. The van der Waals surface area contributed by atoms with Crippen LogP contribution in [0.4, 0.5) is 9.18 Å². The third kappa shape index (κ3) is 7.74. The van der Waals surface area contributed by atoms with Crippen LogP contribution in [0.2, 0.25) is 5.02 Å². The molecule has 5 rings (SSSR count). The summed E-state index contributed by atoms with van der Waals surface area (Å²) in [6.45, 7) is 2.40. The summed E-state index contributed by atoms with van der Waals surface area (Å²) in [6.07, 6.45) is 0.253. The summed E-state index contributed by atoms with van der Waals surface area (Å²) in [5.74, 6) is -0.773. The smallest absolute Gasteiger partial charge is 0.406 e. The average molecular weight is 622 g/mol. The lowest BCUT2D eigenvalue weighted by Gasteiger charge is -2.40. The highest BCUT2D eigenvalue weighted by Crippen LogP contribution is 2.25. The molecule has 11 heteroatoms. The summed E-state index contributed by atoms with van der Waals surface area (Å²) in [4.78, 5) is 43.0. The zero-order valence-corrected chi connectivity index (χ0v) is 25.4. The van der Waals surface area contributed by atoms with Gasteiger partial charge in [-0.2, -0.15) is 0 Å². The molecule has 1 saturated heterocycles. The number of hydrogen-bond donors (Lipinski definition) is 3. The van der Waals surface area contributed by atoms with Crippen LogP contribution in [0.1, 0.15) is 28.3 Å². The molecule has 0 radical (unpaired) electrons. The zero-order chi connectivity index (χ0) is 31.1. The number of nitrogens with zero attached hydrogens (tertiary/aromatic N) is 2. The molecule has 3 aromatic rings. The average Bonchev–Trinajstić information content (AvgIpc) is 3.05. The number of benzene rings is 3. The third-order valence-corrected chi connectivity index (χ3v) is 8.57. The fourth-order valence-electron chi connectivity index (χ4n) is 5.88. The highest BCUT2D eigenvalue weighted by Gasteiger charge is 2.34. The van der Waals surface area contributed by atoms with Crippen molar-refractivity contribution in [3.05, 3.63) is 106 Å². The van der Waals surface area contributed by atoms with Crippen LogP contribution in [0.25, 0.3) is 0 Å². The number of ether oxygens (including phenoxy) is 1. The van der Waals surface area contributed by atoms with Gasteiger partial charge in [-0.05, 0) is 41.3 Å². The Hall–Kier alpha value is -3.99. The summed E-state index contributed by atoms with van der Waals surface area (Å²) in [6, 6.07) is 20.1. The lowest BCUT2D eigenvalue weighted by Crippen LogP contribution is -2.58. The molecule has 0 bridgehead atoms. The van der Waals surface area contributed by atoms with Gasteiger partial charge in [0, 0.05) is 56.3 Å². The van der Waals surface area contributed by atoms with Gasteiger partial charge in [0.1, 0.15) is 11.9 Å². The van der Waals surface area contributed by atoms with Crippen LogP contribution in [0.15, 0.2) is 72.8 Å². The lowest BCUT2D eigenvalue weighted by molar-refractivity contribution is -0.138. The molecule has 232 valence electrons. The van der Waals surface area contributed by atoms with Crippen molar-refractivity contribution in [3.63, 3.8) is 0 Å². The number of hydrogen-bond acceptors (Lipinski definition) is 6. The summed E-state index contributed by atoms with van der Waals surface area (Å²) in [5.41, 5.74) is 3.62. The van der Waals surface area contributed by atoms with Crippen LogP contribution in [-0.2, 0) is 33.7 Å². The molecule has 44 heavy (non-hydrogen) atoms. The maximum Gasteiger partial charge on any atom is 0.406 e. The summed E-state index contributed by atoms with van der Waals surface area (Å²) < 4.78 is 19.5. The molecular formula is C33H37ClFN5O4. The number of alkyl carbamates (subject to hydrolysis) is 1.